The molecule has 2 aromatic heterocycles. The van der Waals surface area contributed by atoms with Crippen molar-refractivity contribution in [3.8, 4) is 11.3 Å². The Hall–Kier alpha value is -2.35. The van der Waals surface area contributed by atoms with E-state index in [1.54, 1.807) is 16.0 Å². The third-order valence-electron chi connectivity index (χ3n) is 5.38. The van der Waals surface area contributed by atoms with Crippen molar-refractivity contribution in [2.24, 2.45) is 0 Å². The number of imidazole rings is 1. The lowest BCUT2D eigenvalue weighted by Crippen LogP contribution is -2.38. The summed E-state index contributed by atoms with van der Waals surface area (Å²) >= 11 is 1.35. The quantitative estimate of drug-likeness (QED) is 0.576. The van der Waals surface area contributed by atoms with Crippen molar-refractivity contribution in [3.05, 3.63) is 47.1 Å². The van der Waals surface area contributed by atoms with Crippen LogP contribution in [0.2, 0.25) is 0 Å². The average molecular weight is 407 g/mol. The van der Waals surface area contributed by atoms with Crippen molar-refractivity contribution in [2.75, 3.05) is 7.05 Å². The second kappa shape index (κ2) is 7.24. The molecule has 0 radical (unpaired) electrons. The molecule has 2 heterocycles. The molecule has 1 aromatic carbocycles. The number of alkyl halides is 3. The highest BCUT2D eigenvalue weighted by molar-refractivity contribution is 7.15. The summed E-state index contributed by atoms with van der Waals surface area (Å²) in [6.07, 6.45) is 2.91. The fourth-order valence-electron chi connectivity index (χ4n) is 3.72. The molecule has 148 valence electrons. The van der Waals surface area contributed by atoms with Gasteiger partial charge in [0.1, 0.15) is 5.69 Å². The molecule has 1 fully saturated rings. The molecule has 4 nitrogen and oxygen atoms in total. The molecule has 1 aliphatic carbocycles. The Labute approximate surface area is 164 Å². The van der Waals surface area contributed by atoms with Crippen LogP contribution in [0, 0.1) is 0 Å². The maximum Gasteiger partial charge on any atom is 0.416 e. The van der Waals surface area contributed by atoms with E-state index in [0.717, 1.165) is 37.8 Å². The van der Waals surface area contributed by atoms with E-state index < -0.39 is 11.7 Å². The molecular formula is C20H20F3N3OS. The number of amides is 1. The number of hydrogen-bond acceptors (Lipinski definition) is 3. The summed E-state index contributed by atoms with van der Waals surface area (Å²) in [5, 5.41) is 1.79. The van der Waals surface area contributed by atoms with Gasteiger partial charge in [0.25, 0.3) is 5.91 Å². The van der Waals surface area contributed by atoms with Crippen LogP contribution in [0.5, 0.6) is 0 Å². The van der Waals surface area contributed by atoms with Crippen molar-refractivity contribution in [1.82, 2.24) is 14.3 Å². The summed E-state index contributed by atoms with van der Waals surface area (Å²) in [6.45, 7) is 0. The summed E-state index contributed by atoms with van der Waals surface area (Å²) in [5.41, 5.74) is 0.985. The molecule has 28 heavy (non-hydrogen) atoms. The predicted octanol–water partition coefficient (Wildman–Crippen LogP) is 5.49. The van der Waals surface area contributed by atoms with Crippen LogP contribution in [-0.4, -0.2) is 33.3 Å². The number of rotatable bonds is 3. The van der Waals surface area contributed by atoms with Gasteiger partial charge in [-0.3, -0.25) is 9.20 Å². The van der Waals surface area contributed by atoms with Crippen molar-refractivity contribution in [1.29, 1.82) is 0 Å². The Bertz CT molecular complexity index is 984. The summed E-state index contributed by atoms with van der Waals surface area (Å²) in [5.74, 6) is -0.0467. The number of thiazole rings is 1. The molecule has 0 saturated heterocycles. The largest absolute Gasteiger partial charge is 0.416 e. The van der Waals surface area contributed by atoms with Crippen LogP contribution < -0.4 is 0 Å². The van der Waals surface area contributed by atoms with Crippen LogP contribution in [0.15, 0.2) is 35.8 Å². The fraction of sp³-hybridized carbons (Fsp3) is 0.400. The van der Waals surface area contributed by atoms with Crippen LogP contribution >= 0.6 is 11.3 Å². The lowest BCUT2D eigenvalue weighted by Gasteiger charge is -2.31. The Morgan fingerprint density at radius 2 is 1.86 bits per heavy atom. The van der Waals surface area contributed by atoms with E-state index >= 15 is 0 Å². The van der Waals surface area contributed by atoms with Crippen LogP contribution in [0.1, 0.15) is 48.2 Å². The molecule has 3 aromatic rings. The Morgan fingerprint density at radius 1 is 1.18 bits per heavy atom. The van der Waals surface area contributed by atoms with E-state index in [2.05, 4.69) is 4.98 Å². The summed E-state index contributed by atoms with van der Waals surface area (Å²) < 4.78 is 40.0. The lowest BCUT2D eigenvalue weighted by molar-refractivity contribution is -0.137. The van der Waals surface area contributed by atoms with E-state index in [1.807, 2.05) is 11.9 Å². The van der Waals surface area contributed by atoms with Crippen molar-refractivity contribution in [3.63, 3.8) is 0 Å². The average Bonchev–Trinajstić information content (AvgIpc) is 3.28. The minimum atomic E-state index is -4.36. The number of halogens is 3. The van der Waals surface area contributed by atoms with Crippen molar-refractivity contribution >= 4 is 22.2 Å². The van der Waals surface area contributed by atoms with Gasteiger partial charge in [0.05, 0.1) is 11.3 Å². The zero-order valence-electron chi connectivity index (χ0n) is 15.4. The predicted molar refractivity (Wildman–Crippen MR) is 102 cm³/mol. The molecule has 0 unspecified atom stereocenters. The van der Waals surface area contributed by atoms with Crippen molar-refractivity contribution < 1.29 is 18.0 Å². The molecule has 1 amide bonds. The van der Waals surface area contributed by atoms with Crippen LogP contribution in [-0.2, 0) is 6.18 Å². The molecule has 0 spiro atoms. The topological polar surface area (TPSA) is 37.6 Å². The third kappa shape index (κ3) is 3.53. The Morgan fingerprint density at radius 3 is 2.50 bits per heavy atom. The van der Waals surface area contributed by atoms with Gasteiger partial charge in [0.2, 0.25) is 0 Å². The summed E-state index contributed by atoms with van der Waals surface area (Å²) in [6, 6.07) is 5.17. The molecule has 4 rings (SSSR count). The second-order valence-electron chi connectivity index (χ2n) is 7.18. The molecule has 0 bridgehead atoms. The molecule has 0 atom stereocenters. The van der Waals surface area contributed by atoms with E-state index in [9.17, 15) is 18.0 Å². The number of hydrogen-bond donors (Lipinski definition) is 0. The number of carbonyl (C=O) groups excluding carboxylic acids is 1. The van der Waals surface area contributed by atoms with E-state index in [0.29, 0.717) is 21.9 Å². The smallest absolute Gasteiger partial charge is 0.337 e. The Kier molecular flexibility index (Phi) is 4.91. The normalized spacial score (nSPS) is 15.9. The number of carbonyl (C=O) groups is 1. The summed E-state index contributed by atoms with van der Waals surface area (Å²) in [7, 11) is 1.84. The third-order valence-corrected chi connectivity index (χ3v) is 6.22. The van der Waals surface area contributed by atoms with Gasteiger partial charge in [0, 0.05) is 30.2 Å². The van der Waals surface area contributed by atoms with Gasteiger partial charge >= 0.3 is 6.18 Å². The van der Waals surface area contributed by atoms with Crippen LogP contribution in [0.3, 0.4) is 0 Å². The zero-order valence-corrected chi connectivity index (χ0v) is 16.2. The highest BCUT2D eigenvalue weighted by Crippen LogP contribution is 2.31. The SMILES string of the molecule is CN(C(=O)c1csc2nc(-c3ccc(C(F)(F)F)cc3)cn12)C1CCCCC1. The monoisotopic (exact) mass is 407 g/mol. The lowest BCUT2D eigenvalue weighted by atomic mass is 9.94. The molecule has 0 N–H and O–H groups in total. The first-order valence-electron chi connectivity index (χ1n) is 9.26. The van der Waals surface area contributed by atoms with Gasteiger partial charge in [-0.2, -0.15) is 13.2 Å². The maximum atomic E-state index is 13.0. The minimum absolute atomic E-state index is 0.0467. The number of benzene rings is 1. The van der Waals surface area contributed by atoms with Gasteiger partial charge in [-0.1, -0.05) is 31.4 Å². The van der Waals surface area contributed by atoms with Crippen molar-refractivity contribution in [2.45, 2.75) is 44.3 Å². The molecular weight excluding hydrogens is 387 g/mol. The van der Waals surface area contributed by atoms with Gasteiger partial charge in [0.15, 0.2) is 4.96 Å². The fourth-order valence-corrected chi connectivity index (χ4v) is 4.57. The van der Waals surface area contributed by atoms with E-state index in [1.165, 1.54) is 29.9 Å². The maximum absolute atomic E-state index is 13.0. The van der Waals surface area contributed by atoms with Crippen LogP contribution in [0.25, 0.3) is 16.2 Å². The summed E-state index contributed by atoms with van der Waals surface area (Å²) in [4.78, 5) is 19.9. The van der Waals surface area contributed by atoms with Crippen LogP contribution in [0.4, 0.5) is 13.2 Å². The first-order valence-corrected chi connectivity index (χ1v) is 10.1. The standard InChI is InChI=1S/C20H20F3N3OS/c1-25(15-5-3-2-4-6-15)18(27)17-12-28-19-24-16(11-26(17)19)13-7-9-14(10-8-13)20(21,22)23/h7-12,15H,2-6H2,1H3. The first kappa shape index (κ1) is 19.0. The second-order valence-corrected chi connectivity index (χ2v) is 8.02. The molecule has 1 saturated carbocycles. The van der Waals surface area contributed by atoms with E-state index in [-0.39, 0.29) is 11.9 Å². The number of aromatic nitrogens is 2. The highest BCUT2D eigenvalue weighted by atomic mass is 32.1. The van der Waals surface area contributed by atoms with Gasteiger partial charge in [-0.05, 0) is 25.0 Å². The Balaban J connectivity index is 1.60. The van der Waals surface area contributed by atoms with Gasteiger partial charge in [-0.15, -0.1) is 11.3 Å². The first-order chi connectivity index (χ1) is 13.3. The highest BCUT2D eigenvalue weighted by Gasteiger charge is 2.30. The van der Waals surface area contributed by atoms with E-state index in [4.69, 9.17) is 0 Å². The molecule has 8 heteroatoms. The molecule has 0 aliphatic heterocycles. The van der Waals surface area contributed by atoms with Gasteiger partial charge < -0.3 is 4.90 Å². The number of nitrogens with zero attached hydrogens (tertiary/aromatic N) is 3. The van der Waals surface area contributed by atoms with Gasteiger partial charge in [-0.25, -0.2) is 4.98 Å². The number of fused-ring (bicyclic) bond motifs is 1. The zero-order chi connectivity index (χ0) is 19.9. The molecule has 1 aliphatic rings. The minimum Gasteiger partial charge on any atom is -0.337 e.